The fourth-order valence-electron chi connectivity index (χ4n) is 4.77. The van der Waals surface area contributed by atoms with Crippen molar-refractivity contribution in [1.29, 1.82) is 0 Å². The van der Waals surface area contributed by atoms with Crippen LogP contribution >= 0.6 is 0 Å². The summed E-state index contributed by atoms with van der Waals surface area (Å²) in [6, 6.07) is 17.6. The molecular formula is C28H22F2N4O3. The van der Waals surface area contributed by atoms with Crippen LogP contribution in [0.25, 0.3) is 16.9 Å². The van der Waals surface area contributed by atoms with E-state index < -0.39 is 6.23 Å². The Balaban J connectivity index is 1.32. The molecule has 6 rings (SSSR count). The van der Waals surface area contributed by atoms with Crippen LogP contribution in [-0.4, -0.2) is 39.6 Å². The molecule has 3 heterocycles. The van der Waals surface area contributed by atoms with Gasteiger partial charge in [0.25, 0.3) is 5.91 Å². The lowest BCUT2D eigenvalue weighted by molar-refractivity contribution is -0.128. The van der Waals surface area contributed by atoms with E-state index in [9.17, 15) is 18.4 Å². The largest absolute Gasteiger partial charge is 0.344 e. The van der Waals surface area contributed by atoms with Gasteiger partial charge in [-0.2, -0.15) is 5.10 Å². The molecule has 1 fully saturated rings. The molecule has 9 heteroatoms. The summed E-state index contributed by atoms with van der Waals surface area (Å²) in [7, 11) is 0. The normalized spacial score (nSPS) is 16.8. The zero-order valence-corrected chi connectivity index (χ0v) is 19.7. The third-order valence-electron chi connectivity index (χ3n) is 6.62. The molecule has 3 aromatic carbocycles. The highest BCUT2D eigenvalue weighted by atomic mass is 19.1. The molecule has 2 amide bonds. The van der Waals surface area contributed by atoms with Gasteiger partial charge in [0.2, 0.25) is 5.91 Å². The van der Waals surface area contributed by atoms with Crippen LogP contribution in [0, 0.1) is 11.6 Å². The lowest BCUT2D eigenvalue weighted by Gasteiger charge is -2.23. The lowest BCUT2D eigenvalue weighted by atomic mass is 10.0. The highest BCUT2D eigenvalue weighted by molar-refractivity contribution is 5.99. The van der Waals surface area contributed by atoms with Gasteiger partial charge in [-0.05, 0) is 72.1 Å². The SMILES string of the molecule is O=C1Cc2cc(CCN3C(=O)COC3c3cn(-c4ccc(F)cc4)nc3-c3ccc(F)cc3)ccc2N1. The number of hydrogen-bond donors (Lipinski definition) is 1. The molecule has 186 valence electrons. The summed E-state index contributed by atoms with van der Waals surface area (Å²) in [5.41, 5.74) is 5.26. The first kappa shape index (κ1) is 23.1. The minimum Gasteiger partial charge on any atom is -0.344 e. The van der Waals surface area contributed by atoms with Crippen LogP contribution in [-0.2, 0) is 27.2 Å². The number of hydrogen-bond acceptors (Lipinski definition) is 4. The summed E-state index contributed by atoms with van der Waals surface area (Å²) in [4.78, 5) is 26.2. The molecule has 7 nitrogen and oxygen atoms in total. The van der Waals surface area contributed by atoms with E-state index in [1.165, 1.54) is 24.3 Å². The van der Waals surface area contributed by atoms with Gasteiger partial charge < -0.3 is 15.0 Å². The van der Waals surface area contributed by atoms with Crippen molar-refractivity contribution in [1.82, 2.24) is 14.7 Å². The summed E-state index contributed by atoms with van der Waals surface area (Å²) in [5, 5.41) is 7.52. The molecule has 1 unspecified atom stereocenters. The van der Waals surface area contributed by atoms with Crippen LogP contribution in [0.5, 0.6) is 0 Å². The Labute approximate surface area is 211 Å². The van der Waals surface area contributed by atoms with Crippen molar-refractivity contribution in [3.05, 3.63) is 101 Å². The first-order valence-electron chi connectivity index (χ1n) is 11.9. The molecule has 0 saturated carbocycles. The van der Waals surface area contributed by atoms with Gasteiger partial charge in [0.15, 0.2) is 6.23 Å². The van der Waals surface area contributed by atoms with Gasteiger partial charge >= 0.3 is 0 Å². The molecule has 1 atom stereocenters. The van der Waals surface area contributed by atoms with E-state index in [-0.39, 0.29) is 30.1 Å². The minimum absolute atomic E-state index is 0.0261. The summed E-state index contributed by atoms with van der Waals surface area (Å²) in [6.07, 6.45) is 1.99. The molecule has 0 radical (unpaired) electrons. The van der Waals surface area contributed by atoms with E-state index in [0.29, 0.717) is 41.9 Å². The van der Waals surface area contributed by atoms with Crippen molar-refractivity contribution >= 4 is 17.5 Å². The topological polar surface area (TPSA) is 76.5 Å². The first-order valence-corrected chi connectivity index (χ1v) is 11.9. The van der Waals surface area contributed by atoms with Crippen molar-refractivity contribution < 1.29 is 23.1 Å². The smallest absolute Gasteiger partial charge is 0.250 e. The Morgan fingerprint density at radius 2 is 1.70 bits per heavy atom. The summed E-state index contributed by atoms with van der Waals surface area (Å²) in [5.74, 6) is -0.912. The van der Waals surface area contributed by atoms with Crippen LogP contribution in [0.15, 0.2) is 72.9 Å². The number of rotatable bonds is 6. The van der Waals surface area contributed by atoms with Gasteiger partial charge in [-0.15, -0.1) is 0 Å². The number of ether oxygens (including phenoxy) is 1. The summed E-state index contributed by atoms with van der Waals surface area (Å²) in [6.45, 7) is 0.326. The molecule has 1 N–H and O–H groups in total. The number of halogens is 2. The number of benzene rings is 3. The first-order chi connectivity index (χ1) is 17.9. The fraction of sp³-hybridized carbons (Fsp3) is 0.179. The Hall–Kier alpha value is -4.37. The number of fused-ring (bicyclic) bond motifs is 1. The number of amides is 2. The minimum atomic E-state index is -0.695. The zero-order valence-electron chi connectivity index (χ0n) is 19.7. The molecule has 4 aromatic rings. The maximum Gasteiger partial charge on any atom is 0.250 e. The average Bonchev–Trinajstić information content (AvgIpc) is 3.59. The Kier molecular flexibility index (Phi) is 5.77. The second-order valence-electron chi connectivity index (χ2n) is 9.08. The maximum absolute atomic E-state index is 13.6. The van der Waals surface area contributed by atoms with E-state index in [1.54, 1.807) is 40.0 Å². The molecule has 1 aromatic heterocycles. The second kappa shape index (κ2) is 9.25. The highest BCUT2D eigenvalue weighted by Crippen LogP contribution is 2.35. The quantitative estimate of drug-likeness (QED) is 0.426. The average molecular weight is 501 g/mol. The van der Waals surface area contributed by atoms with Crippen molar-refractivity contribution in [2.24, 2.45) is 0 Å². The van der Waals surface area contributed by atoms with E-state index in [2.05, 4.69) is 5.32 Å². The van der Waals surface area contributed by atoms with Crippen LogP contribution in [0.4, 0.5) is 14.5 Å². The molecular weight excluding hydrogens is 478 g/mol. The molecule has 0 spiro atoms. The molecule has 0 aliphatic carbocycles. The van der Waals surface area contributed by atoms with Crippen molar-refractivity contribution in [3.63, 3.8) is 0 Å². The summed E-state index contributed by atoms with van der Waals surface area (Å²) >= 11 is 0. The van der Waals surface area contributed by atoms with Gasteiger partial charge in [-0.25, -0.2) is 13.5 Å². The lowest BCUT2D eigenvalue weighted by Crippen LogP contribution is -2.30. The van der Waals surface area contributed by atoms with Gasteiger partial charge in [0.05, 0.1) is 12.1 Å². The predicted octanol–water partition coefficient (Wildman–Crippen LogP) is 4.41. The van der Waals surface area contributed by atoms with Crippen LogP contribution in [0.1, 0.15) is 22.9 Å². The monoisotopic (exact) mass is 500 g/mol. The maximum atomic E-state index is 13.6. The Bertz CT molecular complexity index is 1500. The van der Waals surface area contributed by atoms with Crippen LogP contribution < -0.4 is 5.32 Å². The van der Waals surface area contributed by atoms with Crippen molar-refractivity contribution in [2.45, 2.75) is 19.1 Å². The molecule has 1 saturated heterocycles. The third-order valence-corrected chi connectivity index (χ3v) is 6.62. The van der Waals surface area contributed by atoms with Crippen molar-refractivity contribution in [2.75, 3.05) is 18.5 Å². The summed E-state index contributed by atoms with van der Waals surface area (Å²) < 4.78 is 34.7. The number of nitrogens with zero attached hydrogens (tertiary/aromatic N) is 3. The third kappa shape index (κ3) is 4.49. The number of anilines is 1. The van der Waals surface area contributed by atoms with Crippen LogP contribution in [0.2, 0.25) is 0 Å². The molecule has 2 aliphatic rings. The number of carbonyl (C=O) groups excluding carboxylic acids is 2. The Morgan fingerprint density at radius 3 is 2.46 bits per heavy atom. The van der Waals surface area contributed by atoms with Crippen molar-refractivity contribution in [3.8, 4) is 16.9 Å². The number of nitrogens with one attached hydrogen (secondary N) is 1. The predicted molar refractivity (Wildman–Crippen MR) is 132 cm³/mol. The highest BCUT2D eigenvalue weighted by Gasteiger charge is 2.36. The number of aromatic nitrogens is 2. The van der Waals surface area contributed by atoms with E-state index in [4.69, 9.17) is 9.84 Å². The Morgan fingerprint density at radius 1 is 0.973 bits per heavy atom. The molecule has 2 aliphatic heterocycles. The van der Waals surface area contributed by atoms with Gasteiger partial charge in [-0.1, -0.05) is 12.1 Å². The van der Waals surface area contributed by atoms with E-state index in [0.717, 1.165) is 16.8 Å². The second-order valence-corrected chi connectivity index (χ2v) is 9.08. The van der Waals surface area contributed by atoms with E-state index in [1.807, 2.05) is 18.2 Å². The van der Waals surface area contributed by atoms with Gasteiger partial charge in [-0.3, -0.25) is 9.59 Å². The fourth-order valence-corrected chi connectivity index (χ4v) is 4.77. The van der Waals surface area contributed by atoms with Gasteiger partial charge in [0, 0.05) is 29.6 Å². The standard InChI is InChI=1S/C28H22F2N4O3/c29-20-4-2-18(3-5-20)27-23(15-34(32-27)22-8-6-21(30)7-9-22)28-33(26(36)16-37-28)12-11-17-1-10-24-19(13-17)14-25(35)31-24/h1-10,13,15,28H,11-12,14,16H2,(H,31,35). The molecule has 0 bridgehead atoms. The number of carbonyl (C=O) groups is 2. The van der Waals surface area contributed by atoms with Crippen LogP contribution in [0.3, 0.4) is 0 Å². The molecule has 37 heavy (non-hydrogen) atoms. The van der Waals surface area contributed by atoms with E-state index >= 15 is 0 Å². The zero-order chi connectivity index (χ0) is 25.5. The van der Waals surface area contributed by atoms with Gasteiger partial charge in [0.1, 0.15) is 23.9 Å².